The number of aromatic carboxylic acids is 2. The molecule has 0 amide bonds. The van der Waals surface area contributed by atoms with Crippen LogP contribution in [0.15, 0.2) is 103 Å². The van der Waals surface area contributed by atoms with E-state index >= 15 is 0 Å². The smallest absolute Gasteiger partial charge is 0.343 e. The van der Waals surface area contributed by atoms with Crippen LogP contribution in [0, 0.1) is 0 Å². The number of allylic oxidation sites excluding steroid dienone is 1. The third-order valence-corrected chi connectivity index (χ3v) is 5.30. The molecule has 0 aliphatic carbocycles. The lowest BCUT2D eigenvalue weighted by Gasteiger charge is -2.09. The zero-order valence-electron chi connectivity index (χ0n) is 19.7. The Morgan fingerprint density at radius 2 is 1.16 bits per heavy atom. The van der Waals surface area contributed by atoms with Crippen molar-refractivity contribution < 1.29 is 38.9 Å². The van der Waals surface area contributed by atoms with Crippen LogP contribution in [0.4, 0.5) is 0 Å². The average Bonchev–Trinajstić information content (AvgIpc) is 2.93. The van der Waals surface area contributed by atoms with E-state index in [0.29, 0.717) is 11.3 Å². The number of carboxylic acid groups (broad SMARTS) is 2. The van der Waals surface area contributed by atoms with Gasteiger partial charge >= 0.3 is 17.9 Å². The first-order valence-corrected chi connectivity index (χ1v) is 11.3. The maximum Gasteiger partial charge on any atom is 0.343 e. The van der Waals surface area contributed by atoms with Crippen LogP contribution >= 0.6 is 0 Å². The highest BCUT2D eigenvalue weighted by molar-refractivity contribution is 6.06. The zero-order valence-corrected chi connectivity index (χ0v) is 19.7. The largest absolute Gasteiger partial charge is 0.478 e. The lowest BCUT2D eigenvalue weighted by molar-refractivity contribution is 0.0692. The highest BCUT2D eigenvalue weighted by Crippen LogP contribution is 2.25. The van der Waals surface area contributed by atoms with Gasteiger partial charge < -0.3 is 19.7 Å². The molecule has 0 radical (unpaired) electrons. The fourth-order valence-electron chi connectivity index (χ4n) is 3.38. The molecule has 8 nitrogen and oxygen atoms in total. The van der Waals surface area contributed by atoms with Gasteiger partial charge in [0.15, 0.2) is 5.78 Å². The van der Waals surface area contributed by atoms with Crippen molar-refractivity contribution in [3.63, 3.8) is 0 Å². The second kappa shape index (κ2) is 11.5. The molecule has 38 heavy (non-hydrogen) atoms. The molecule has 4 rings (SSSR count). The van der Waals surface area contributed by atoms with Gasteiger partial charge in [0.2, 0.25) is 0 Å². The molecular formula is C30H20O8. The molecule has 0 fully saturated rings. The van der Waals surface area contributed by atoms with Crippen LogP contribution in [0.3, 0.4) is 0 Å². The topological polar surface area (TPSA) is 127 Å². The maximum atomic E-state index is 12.5. The third-order valence-electron chi connectivity index (χ3n) is 5.30. The molecule has 0 bridgehead atoms. The molecule has 0 aliphatic heterocycles. The van der Waals surface area contributed by atoms with E-state index in [0.717, 1.165) is 11.6 Å². The fourth-order valence-corrected chi connectivity index (χ4v) is 3.38. The van der Waals surface area contributed by atoms with Gasteiger partial charge in [-0.25, -0.2) is 14.4 Å². The van der Waals surface area contributed by atoms with Crippen molar-refractivity contribution in [1.82, 2.24) is 0 Å². The van der Waals surface area contributed by atoms with Crippen molar-refractivity contribution in [2.75, 3.05) is 0 Å². The second-order valence-corrected chi connectivity index (χ2v) is 8.00. The van der Waals surface area contributed by atoms with Gasteiger partial charge in [0.1, 0.15) is 17.2 Å². The van der Waals surface area contributed by atoms with Crippen molar-refractivity contribution in [3.8, 4) is 17.2 Å². The predicted molar refractivity (Wildman–Crippen MR) is 138 cm³/mol. The summed E-state index contributed by atoms with van der Waals surface area (Å²) in [5.74, 6) is -2.71. The number of carbonyl (C=O) groups excluding carboxylic acids is 2. The molecule has 188 valence electrons. The number of rotatable bonds is 9. The van der Waals surface area contributed by atoms with Crippen LogP contribution < -0.4 is 9.47 Å². The molecule has 0 aliphatic rings. The maximum absolute atomic E-state index is 12.5. The quantitative estimate of drug-likeness (QED) is 0.122. The Hall–Kier alpha value is -5.50. The van der Waals surface area contributed by atoms with Crippen molar-refractivity contribution >= 4 is 29.8 Å². The molecule has 0 atom stereocenters. The Morgan fingerprint density at radius 1 is 0.579 bits per heavy atom. The van der Waals surface area contributed by atoms with Crippen LogP contribution in [-0.2, 0) is 0 Å². The summed E-state index contributed by atoms with van der Waals surface area (Å²) in [5, 5.41) is 18.4. The van der Waals surface area contributed by atoms with Gasteiger partial charge in [0, 0.05) is 5.56 Å². The molecule has 0 aromatic heterocycles. The van der Waals surface area contributed by atoms with Gasteiger partial charge in [-0.15, -0.1) is 0 Å². The van der Waals surface area contributed by atoms with E-state index in [2.05, 4.69) is 0 Å². The van der Waals surface area contributed by atoms with Gasteiger partial charge in [-0.05, 0) is 66.2 Å². The van der Waals surface area contributed by atoms with Gasteiger partial charge in [0.25, 0.3) is 0 Å². The summed E-state index contributed by atoms with van der Waals surface area (Å²) in [6.07, 6.45) is 3.14. The molecule has 0 heterocycles. The Bertz CT molecular complexity index is 1490. The van der Waals surface area contributed by atoms with Gasteiger partial charge in [-0.2, -0.15) is 0 Å². The summed E-state index contributed by atoms with van der Waals surface area (Å²) < 4.78 is 11.0. The molecule has 4 aromatic carbocycles. The average molecular weight is 508 g/mol. The van der Waals surface area contributed by atoms with E-state index in [4.69, 9.17) is 9.47 Å². The molecule has 0 saturated carbocycles. The SMILES string of the molecule is O=C(O)c1cc(Oc2ccc(C(=O)Oc3ccc(C=CC(=O)c4ccccc4)cc3)cc2)cc(C(=O)O)c1. The minimum absolute atomic E-state index is 0.0252. The summed E-state index contributed by atoms with van der Waals surface area (Å²) in [4.78, 5) is 47.2. The Balaban J connectivity index is 1.38. The summed E-state index contributed by atoms with van der Waals surface area (Å²) in [6.45, 7) is 0. The van der Waals surface area contributed by atoms with Gasteiger partial charge in [-0.3, -0.25) is 4.79 Å². The van der Waals surface area contributed by atoms with Crippen molar-refractivity contribution in [2.24, 2.45) is 0 Å². The summed E-state index contributed by atoms with van der Waals surface area (Å²) in [7, 11) is 0. The first kappa shape index (κ1) is 25.6. The number of benzene rings is 4. The monoisotopic (exact) mass is 508 g/mol. The molecule has 8 heteroatoms. The molecule has 4 aromatic rings. The standard InChI is InChI=1S/C30H20O8/c31-27(20-4-2-1-3-5-20)15-8-19-6-11-25(12-7-19)38-30(36)21-9-13-24(14-10-21)37-26-17-22(28(32)33)16-23(18-26)29(34)35/h1-18H,(H,32,33)(H,34,35). The van der Waals surface area contributed by atoms with E-state index in [9.17, 15) is 29.4 Å². The molecule has 0 saturated heterocycles. The van der Waals surface area contributed by atoms with Crippen molar-refractivity contribution in [2.45, 2.75) is 0 Å². The molecule has 0 spiro atoms. The minimum atomic E-state index is -1.29. The van der Waals surface area contributed by atoms with E-state index in [1.54, 1.807) is 54.6 Å². The normalized spacial score (nSPS) is 10.6. The summed E-state index contributed by atoms with van der Waals surface area (Å²) in [6, 6.07) is 24.8. The molecule has 2 N–H and O–H groups in total. The predicted octanol–water partition coefficient (Wildman–Crippen LogP) is 5.99. The number of ether oxygens (including phenoxy) is 2. The minimum Gasteiger partial charge on any atom is -0.478 e. The van der Waals surface area contributed by atoms with E-state index in [-0.39, 0.29) is 34.0 Å². The number of carbonyl (C=O) groups is 4. The third kappa shape index (κ3) is 6.58. The van der Waals surface area contributed by atoms with Crippen LogP contribution in [0.1, 0.15) is 47.0 Å². The number of carboxylic acids is 2. The van der Waals surface area contributed by atoms with Gasteiger partial charge in [-0.1, -0.05) is 48.5 Å². The number of ketones is 1. The zero-order chi connectivity index (χ0) is 27.1. The van der Waals surface area contributed by atoms with Crippen molar-refractivity contribution in [1.29, 1.82) is 0 Å². The van der Waals surface area contributed by atoms with E-state index in [1.807, 2.05) is 6.07 Å². The van der Waals surface area contributed by atoms with Crippen LogP contribution in [0.5, 0.6) is 17.2 Å². The highest BCUT2D eigenvalue weighted by atomic mass is 16.5. The second-order valence-electron chi connectivity index (χ2n) is 8.00. The molecular weight excluding hydrogens is 488 g/mol. The highest BCUT2D eigenvalue weighted by Gasteiger charge is 2.14. The van der Waals surface area contributed by atoms with Crippen molar-refractivity contribution in [3.05, 3.63) is 131 Å². The Labute approximate surface area is 217 Å². The van der Waals surface area contributed by atoms with Gasteiger partial charge in [0.05, 0.1) is 16.7 Å². The number of esters is 1. The lowest BCUT2D eigenvalue weighted by Crippen LogP contribution is -2.08. The lowest BCUT2D eigenvalue weighted by atomic mass is 10.1. The van der Waals surface area contributed by atoms with Crippen LogP contribution in [0.25, 0.3) is 6.08 Å². The van der Waals surface area contributed by atoms with E-state index in [1.165, 1.54) is 42.5 Å². The van der Waals surface area contributed by atoms with Crippen LogP contribution in [0.2, 0.25) is 0 Å². The summed E-state index contributed by atoms with van der Waals surface area (Å²) >= 11 is 0. The first-order chi connectivity index (χ1) is 18.3. The number of hydrogen-bond donors (Lipinski definition) is 2. The Kier molecular flexibility index (Phi) is 7.74. The Morgan fingerprint density at radius 3 is 1.74 bits per heavy atom. The fraction of sp³-hybridized carbons (Fsp3) is 0. The molecule has 0 unspecified atom stereocenters. The van der Waals surface area contributed by atoms with Crippen LogP contribution in [-0.4, -0.2) is 33.9 Å². The summed E-state index contributed by atoms with van der Waals surface area (Å²) in [5.41, 5.74) is 1.12. The first-order valence-electron chi connectivity index (χ1n) is 11.3. The number of hydrogen-bond acceptors (Lipinski definition) is 6. The van der Waals surface area contributed by atoms with E-state index < -0.39 is 17.9 Å².